The number of sulfonamides is 1. The smallest absolute Gasteiger partial charge is 0.251 e. The number of aryl methyl sites for hydroxylation is 1. The third-order valence-electron chi connectivity index (χ3n) is 4.48. The van der Waals surface area contributed by atoms with Gasteiger partial charge in [0.1, 0.15) is 5.75 Å². The molecule has 2 aromatic rings. The van der Waals surface area contributed by atoms with E-state index in [2.05, 4.69) is 30.0 Å². The molecule has 2 aromatic carbocycles. The maximum absolute atomic E-state index is 12.7. The van der Waals surface area contributed by atoms with E-state index in [-0.39, 0.29) is 17.9 Å². The third-order valence-corrected chi connectivity index (χ3v) is 5.09. The van der Waals surface area contributed by atoms with Crippen molar-refractivity contribution in [1.29, 1.82) is 0 Å². The Morgan fingerprint density at radius 1 is 1.07 bits per heavy atom. The summed E-state index contributed by atoms with van der Waals surface area (Å²) < 4.78 is 30.7. The monoisotopic (exact) mass is 404 g/mol. The molecule has 0 heterocycles. The Morgan fingerprint density at radius 3 is 2.32 bits per heavy atom. The first-order valence-electron chi connectivity index (χ1n) is 9.09. The number of methoxy groups -OCH3 is 1. The van der Waals surface area contributed by atoms with Crippen LogP contribution in [0.15, 0.2) is 36.4 Å². The Kier molecular flexibility index (Phi) is 6.72. The van der Waals surface area contributed by atoms with Crippen LogP contribution in [0.1, 0.15) is 59.8 Å². The summed E-state index contributed by atoms with van der Waals surface area (Å²) in [5.41, 5.74) is 3.87. The largest absolute Gasteiger partial charge is 0.496 e. The lowest BCUT2D eigenvalue weighted by atomic mass is 9.93. The summed E-state index contributed by atoms with van der Waals surface area (Å²) in [6, 6.07) is 10.3. The predicted molar refractivity (Wildman–Crippen MR) is 113 cm³/mol. The average Bonchev–Trinajstić information content (AvgIpc) is 2.59. The van der Waals surface area contributed by atoms with Crippen molar-refractivity contribution in [3.05, 3.63) is 58.7 Å². The molecule has 152 valence electrons. The van der Waals surface area contributed by atoms with Gasteiger partial charge in [0, 0.05) is 11.3 Å². The minimum atomic E-state index is -3.40. The van der Waals surface area contributed by atoms with Gasteiger partial charge in [0.15, 0.2) is 0 Å². The van der Waals surface area contributed by atoms with E-state index in [0.29, 0.717) is 11.3 Å². The highest BCUT2D eigenvalue weighted by molar-refractivity contribution is 7.92. The summed E-state index contributed by atoms with van der Waals surface area (Å²) in [6.45, 7) is 8.11. The molecular weight excluding hydrogens is 376 g/mol. The highest BCUT2D eigenvalue weighted by atomic mass is 32.2. The van der Waals surface area contributed by atoms with Crippen molar-refractivity contribution < 1.29 is 17.9 Å². The first-order chi connectivity index (χ1) is 13.0. The third kappa shape index (κ3) is 5.48. The molecule has 0 bridgehead atoms. The van der Waals surface area contributed by atoms with Crippen LogP contribution in [0.4, 0.5) is 5.69 Å². The summed E-state index contributed by atoms with van der Waals surface area (Å²) in [5, 5.41) is 2.99. The minimum absolute atomic E-state index is 0.220. The lowest BCUT2D eigenvalue weighted by molar-refractivity contribution is 0.0940. The molecule has 0 radical (unpaired) electrons. The Hall–Kier alpha value is -2.54. The van der Waals surface area contributed by atoms with Gasteiger partial charge in [0.2, 0.25) is 10.0 Å². The second kappa shape index (κ2) is 8.65. The normalized spacial score (nSPS) is 12.5. The van der Waals surface area contributed by atoms with Crippen LogP contribution in [0.3, 0.4) is 0 Å². The second-order valence-corrected chi connectivity index (χ2v) is 9.00. The predicted octanol–water partition coefficient (Wildman–Crippen LogP) is 3.99. The van der Waals surface area contributed by atoms with E-state index in [0.717, 1.165) is 28.7 Å². The zero-order chi connectivity index (χ0) is 21.1. The number of anilines is 1. The number of amides is 1. The van der Waals surface area contributed by atoms with Crippen molar-refractivity contribution in [2.75, 3.05) is 18.1 Å². The van der Waals surface area contributed by atoms with Gasteiger partial charge >= 0.3 is 0 Å². The van der Waals surface area contributed by atoms with Gasteiger partial charge in [-0.05, 0) is 66.8 Å². The standard InChI is InChI=1S/C21H28N2O4S/c1-13(2)18-12-19(14(3)10-20(18)27-5)15(4)22-21(24)16-8-7-9-17(11-16)23-28(6,25)26/h7-13,15,23H,1-6H3,(H,22,24). The molecule has 7 heteroatoms. The topological polar surface area (TPSA) is 84.5 Å². The van der Waals surface area contributed by atoms with E-state index in [1.165, 1.54) is 6.07 Å². The first-order valence-corrected chi connectivity index (χ1v) is 11.0. The molecule has 0 aliphatic carbocycles. The molecule has 1 unspecified atom stereocenters. The van der Waals surface area contributed by atoms with Crippen LogP contribution < -0.4 is 14.8 Å². The fourth-order valence-electron chi connectivity index (χ4n) is 3.11. The highest BCUT2D eigenvalue weighted by Crippen LogP contribution is 2.32. The van der Waals surface area contributed by atoms with Crippen molar-refractivity contribution in [1.82, 2.24) is 5.32 Å². The molecule has 0 saturated heterocycles. The van der Waals surface area contributed by atoms with Gasteiger partial charge < -0.3 is 10.1 Å². The Morgan fingerprint density at radius 2 is 1.75 bits per heavy atom. The number of benzene rings is 2. The van der Waals surface area contributed by atoms with Crippen molar-refractivity contribution in [3.8, 4) is 5.75 Å². The van der Waals surface area contributed by atoms with Crippen LogP contribution in [0.25, 0.3) is 0 Å². The highest BCUT2D eigenvalue weighted by Gasteiger charge is 2.18. The van der Waals surface area contributed by atoms with Crippen molar-refractivity contribution in [3.63, 3.8) is 0 Å². The Balaban J connectivity index is 2.25. The summed E-state index contributed by atoms with van der Waals surface area (Å²) in [4.78, 5) is 12.7. The lowest BCUT2D eigenvalue weighted by Gasteiger charge is -2.21. The molecule has 2 rings (SSSR count). The maximum Gasteiger partial charge on any atom is 0.251 e. The molecule has 2 N–H and O–H groups in total. The van der Waals surface area contributed by atoms with E-state index < -0.39 is 10.0 Å². The van der Waals surface area contributed by atoms with Gasteiger partial charge in [-0.25, -0.2) is 8.42 Å². The van der Waals surface area contributed by atoms with Crippen molar-refractivity contribution in [2.24, 2.45) is 0 Å². The van der Waals surface area contributed by atoms with Gasteiger partial charge in [-0.1, -0.05) is 19.9 Å². The van der Waals surface area contributed by atoms with Crippen LogP contribution in [-0.4, -0.2) is 27.7 Å². The minimum Gasteiger partial charge on any atom is -0.496 e. The fourth-order valence-corrected chi connectivity index (χ4v) is 3.66. The molecular formula is C21H28N2O4S. The number of nitrogens with one attached hydrogen (secondary N) is 2. The van der Waals surface area contributed by atoms with Crippen LogP contribution in [0, 0.1) is 6.92 Å². The van der Waals surface area contributed by atoms with E-state index >= 15 is 0 Å². The number of rotatable bonds is 7. The molecule has 0 fully saturated rings. The number of carbonyl (C=O) groups excluding carboxylic acids is 1. The van der Waals surface area contributed by atoms with Crippen LogP contribution in [0.5, 0.6) is 5.75 Å². The number of hydrogen-bond acceptors (Lipinski definition) is 4. The maximum atomic E-state index is 12.7. The number of ether oxygens (including phenoxy) is 1. The SMILES string of the molecule is COc1cc(C)c(C(C)NC(=O)c2cccc(NS(C)(=O)=O)c2)cc1C(C)C. The molecule has 0 aliphatic rings. The second-order valence-electron chi connectivity index (χ2n) is 7.26. The van der Waals surface area contributed by atoms with Gasteiger partial charge in [-0.2, -0.15) is 0 Å². The fraction of sp³-hybridized carbons (Fsp3) is 0.381. The number of carbonyl (C=O) groups is 1. The Labute approximate surface area is 167 Å². The van der Waals surface area contributed by atoms with Gasteiger partial charge in [-0.3, -0.25) is 9.52 Å². The molecule has 0 aliphatic heterocycles. The van der Waals surface area contributed by atoms with E-state index in [1.54, 1.807) is 25.3 Å². The molecule has 1 atom stereocenters. The van der Waals surface area contributed by atoms with Crippen molar-refractivity contribution >= 4 is 21.6 Å². The Bertz CT molecular complexity index is 968. The molecule has 0 spiro atoms. The molecule has 28 heavy (non-hydrogen) atoms. The summed E-state index contributed by atoms with van der Waals surface area (Å²) in [5.74, 6) is 0.858. The van der Waals surface area contributed by atoms with E-state index in [9.17, 15) is 13.2 Å². The summed E-state index contributed by atoms with van der Waals surface area (Å²) in [6.07, 6.45) is 1.07. The quantitative estimate of drug-likeness (QED) is 0.731. The lowest BCUT2D eigenvalue weighted by Crippen LogP contribution is -2.27. The van der Waals surface area contributed by atoms with E-state index in [1.807, 2.05) is 19.9 Å². The molecule has 1 amide bonds. The van der Waals surface area contributed by atoms with Crippen LogP contribution in [-0.2, 0) is 10.0 Å². The van der Waals surface area contributed by atoms with Gasteiger partial charge in [0.25, 0.3) is 5.91 Å². The first kappa shape index (κ1) is 21.8. The average molecular weight is 405 g/mol. The van der Waals surface area contributed by atoms with Crippen LogP contribution >= 0.6 is 0 Å². The number of hydrogen-bond donors (Lipinski definition) is 2. The molecule has 0 saturated carbocycles. The van der Waals surface area contributed by atoms with Crippen LogP contribution in [0.2, 0.25) is 0 Å². The van der Waals surface area contributed by atoms with Gasteiger partial charge in [-0.15, -0.1) is 0 Å². The zero-order valence-electron chi connectivity index (χ0n) is 17.2. The van der Waals surface area contributed by atoms with E-state index in [4.69, 9.17) is 4.74 Å². The summed E-state index contributed by atoms with van der Waals surface area (Å²) in [7, 11) is -1.75. The van der Waals surface area contributed by atoms with Gasteiger partial charge in [0.05, 0.1) is 19.4 Å². The van der Waals surface area contributed by atoms with Crippen molar-refractivity contribution in [2.45, 2.75) is 39.7 Å². The summed E-state index contributed by atoms with van der Waals surface area (Å²) >= 11 is 0. The molecule has 6 nitrogen and oxygen atoms in total. The molecule has 0 aromatic heterocycles. The zero-order valence-corrected chi connectivity index (χ0v) is 18.0.